The Morgan fingerprint density at radius 2 is 1.80 bits per heavy atom. The van der Waals surface area contributed by atoms with E-state index in [1.807, 2.05) is 12.1 Å². The molecule has 0 saturated carbocycles. The first-order valence-corrected chi connectivity index (χ1v) is 11.7. The van der Waals surface area contributed by atoms with Crippen LogP contribution in [0.25, 0.3) is 16.9 Å². The van der Waals surface area contributed by atoms with Crippen LogP contribution in [-0.4, -0.2) is 56.5 Å². The molecular weight excluding hydrogens is 450 g/mol. The van der Waals surface area contributed by atoms with Gasteiger partial charge in [-0.1, -0.05) is 19.1 Å². The Morgan fingerprint density at radius 1 is 1.03 bits per heavy atom. The minimum absolute atomic E-state index is 0.160. The van der Waals surface area contributed by atoms with Crippen LogP contribution in [0.1, 0.15) is 18.3 Å². The highest BCUT2D eigenvalue weighted by Crippen LogP contribution is 2.22. The normalized spacial score (nSPS) is 14.4. The Hall–Kier alpha value is -3.85. The summed E-state index contributed by atoms with van der Waals surface area (Å²) in [4.78, 5) is 25.8. The Kier molecular flexibility index (Phi) is 6.41. The first-order valence-electron chi connectivity index (χ1n) is 11.7. The Labute approximate surface area is 202 Å². The van der Waals surface area contributed by atoms with Gasteiger partial charge >= 0.3 is 6.03 Å². The van der Waals surface area contributed by atoms with Gasteiger partial charge < -0.3 is 10.2 Å². The van der Waals surface area contributed by atoms with E-state index in [0.29, 0.717) is 32.7 Å². The number of nitrogens with one attached hydrogen (secondary N) is 1. The molecule has 0 spiro atoms. The molecule has 0 atom stereocenters. The van der Waals surface area contributed by atoms with Crippen molar-refractivity contribution in [3.8, 4) is 5.69 Å². The molecule has 0 unspecified atom stereocenters. The molecular formula is C26H26F2N6O. The third kappa shape index (κ3) is 4.85. The highest BCUT2D eigenvalue weighted by molar-refractivity contribution is 5.89. The predicted octanol–water partition coefficient (Wildman–Crippen LogP) is 4.61. The summed E-state index contributed by atoms with van der Waals surface area (Å²) in [5.41, 5.74) is 3.75. The van der Waals surface area contributed by atoms with Crippen molar-refractivity contribution in [2.24, 2.45) is 0 Å². The summed E-state index contributed by atoms with van der Waals surface area (Å²) in [7, 11) is 0. The molecule has 2 aromatic heterocycles. The van der Waals surface area contributed by atoms with Crippen molar-refractivity contribution in [2.45, 2.75) is 19.9 Å². The van der Waals surface area contributed by atoms with Gasteiger partial charge in [-0.25, -0.2) is 23.5 Å². The zero-order valence-corrected chi connectivity index (χ0v) is 19.4. The standard InChI is InChI=1S/C26H26F2N6O/c1-2-18-5-8-20(9-6-18)34-24(30-22-4-3-11-29-25(22)34)17-32-12-14-33(15-13-32)26(35)31-23-16-19(27)7-10-21(23)28/h3-11,16H,2,12-15,17H2,1H3,(H,31,35). The third-order valence-electron chi connectivity index (χ3n) is 6.28. The fourth-order valence-electron chi connectivity index (χ4n) is 4.31. The van der Waals surface area contributed by atoms with Crippen LogP contribution in [0.4, 0.5) is 19.3 Å². The molecule has 7 nitrogen and oxygen atoms in total. The highest BCUT2D eigenvalue weighted by atomic mass is 19.1. The van der Waals surface area contributed by atoms with E-state index in [0.717, 1.165) is 47.3 Å². The van der Waals surface area contributed by atoms with Crippen LogP contribution in [0.3, 0.4) is 0 Å². The summed E-state index contributed by atoms with van der Waals surface area (Å²) in [6, 6.07) is 14.8. The van der Waals surface area contributed by atoms with E-state index < -0.39 is 17.7 Å². The SMILES string of the molecule is CCc1ccc(-n2c(CN3CCN(C(=O)Nc4cc(F)ccc4F)CC3)nc3cccnc32)cc1. The molecule has 1 saturated heterocycles. The van der Waals surface area contributed by atoms with Gasteiger partial charge in [0.05, 0.1) is 12.2 Å². The molecule has 1 N–H and O–H groups in total. The van der Waals surface area contributed by atoms with Gasteiger partial charge in [0.25, 0.3) is 0 Å². The number of nitrogens with zero attached hydrogens (tertiary/aromatic N) is 5. The predicted molar refractivity (Wildman–Crippen MR) is 130 cm³/mol. The molecule has 1 aliphatic heterocycles. The van der Waals surface area contributed by atoms with Crippen molar-refractivity contribution in [1.29, 1.82) is 0 Å². The largest absolute Gasteiger partial charge is 0.322 e. The number of fused-ring (bicyclic) bond motifs is 1. The number of rotatable bonds is 5. The molecule has 3 heterocycles. The molecule has 4 aromatic rings. The number of halogens is 2. The van der Waals surface area contributed by atoms with Gasteiger partial charge in [-0.15, -0.1) is 0 Å². The van der Waals surface area contributed by atoms with Gasteiger partial charge in [0.1, 0.15) is 23.0 Å². The summed E-state index contributed by atoms with van der Waals surface area (Å²) >= 11 is 0. The maximum atomic E-state index is 13.9. The first kappa shape index (κ1) is 22.9. The zero-order valence-electron chi connectivity index (χ0n) is 19.4. The number of hydrogen-bond acceptors (Lipinski definition) is 4. The van der Waals surface area contributed by atoms with Gasteiger partial charge in [0.15, 0.2) is 5.65 Å². The number of benzene rings is 2. The van der Waals surface area contributed by atoms with Gasteiger partial charge in [0.2, 0.25) is 0 Å². The maximum Gasteiger partial charge on any atom is 0.322 e. The zero-order chi connectivity index (χ0) is 24.4. The quantitative estimate of drug-likeness (QED) is 0.457. The van der Waals surface area contributed by atoms with E-state index in [4.69, 9.17) is 4.98 Å². The lowest BCUT2D eigenvalue weighted by Gasteiger charge is -2.34. The average molecular weight is 477 g/mol. The minimum Gasteiger partial charge on any atom is -0.322 e. The number of imidazole rings is 1. The average Bonchev–Trinajstić information content (AvgIpc) is 3.24. The Balaban J connectivity index is 1.29. The van der Waals surface area contributed by atoms with Crippen molar-refractivity contribution in [2.75, 3.05) is 31.5 Å². The summed E-state index contributed by atoms with van der Waals surface area (Å²) in [5, 5.41) is 2.47. The van der Waals surface area contributed by atoms with Crippen LogP contribution in [0.5, 0.6) is 0 Å². The highest BCUT2D eigenvalue weighted by Gasteiger charge is 2.24. The number of urea groups is 1. The van der Waals surface area contributed by atoms with E-state index in [9.17, 15) is 13.6 Å². The van der Waals surface area contributed by atoms with E-state index in [2.05, 4.69) is 51.0 Å². The molecule has 0 bridgehead atoms. The van der Waals surface area contributed by atoms with Gasteiger partial charge in [0, 0.05) is 44.1 Å². The van der Waals surface area contributed by atoms with Crippen molar-refractivity contribution in [3.63, 3.8) is 0 Å². The fraction of sp³-hybridized carbons (Fsp3) is 0.269. The lowest BCUT2D eigenvalue weighted by Crippen LogP contribution is -2.49. The number of aryl methyl sites for hydroxylation is 1. The minimum atomic E-state index is -0.669. The van der Waals surface area contributed by atoms with Gasteiger partial charge in [-0.3, -0.25) is 9.47 Å². The molecule has 1 fully saturated rings. The smallest absolute Gasteiger partial charge is 0.322 e. The van der Waals surface area contributed by atoms with Crippen molar-refractivity contribution < 1.29 is 13.6 Å². The summed E-state index contributed by atoms with van der Waals surface area (Å²) in [6.07, 6.45) is 2.74. The second kappa shape index (κ2) is 9.79. The lowest BCUT2D eigenvalue weighted by molar-refractivity contribution is 0.140. The number of amides is 2. The fourth-order valence-corrected chi connectivity index (χ4v) is 4.31. The monoisotopic (exact) mass is 476 g/mol. The molecule has 0 aliphatic carbocycles. The van der Waals surface area contributed by atoms with E-state index in [1.54, 1.807) is 11.1 Å². The second-order valence-electron chi connectivity index (χ2n) is 8.55. The van der Waals surface area contributed by atoms with Crippen molar-refractivity contribution >= 4 is 22.9 Å². The topological polar surface area (TPSA) is 66.3 Å². The Morgan fingerprint density at radius 3 is 2.54 bits per heavy atom. The number of piperazine rings is 1. The number of pyridine rings is 1. The number of aromatic nitrogens is 3. The van der Waals surface area contributed by atoms with E-state index in [-0.39, 0.29) is 5.69 Å². The van der Waals surface area contributed by atoms with Crippen LogP contribution < -0.4 is 5.32 Å². The Bertz CT molecular complexity index is 1350. The first-order chi connectivity index (χ1) is 17.0. The second-order valence-corrected chi connectivity index (χ2v) is 8.55. The third-order valence-corrected chi connectivity index (χ3v) is 6.28. The maximum absolute atomic E-state index is 13.9. The van der Waals surface area contributed by atoms with Crippen molar-refractivity contribution in [1.82, 2.24) is 24.3 Å². The van der Waals surface area contributed by atoms with Crippen LogP contribution in [0.15, 0.2) is 60.8 Å². The van der Waals surface area contributed by atoms with Crippen LogP contribution in [0, 0.1) is 11.6 Å². The van der Waals surface area contributed by atoms with Crippen LogP contribution in [0.2, 0.25) is 0 Å². The molecule has 9 heteroatoms. The molecule has 2 amide bonds. The van der Waals surface area contributed by atoms with Crippen LogP contribution in [-0.2, 0) is 13.0 Å². The molecule has 35 heavy (non-hydrogen) atoms. The molecule has 5 rings (SSSR count). The molecule has 0 radical (unpaired) electrons. The van der Waals surface area contributed by atoms with Gasteiger partial charge in [-0.05, 0) is 48.4 Å². The van der Waals surface area contributed by atoms with E-state index >= 15 is 0 Å². The van der Waals surface area contributed by atoms with Gasteiger partial charge in [-0.2, -0.15) is 0 Å². The summed E-state index contributed by atoms with van der Waals surface area (Å²) in [5.74, 6) is -0.395. The number of hydrogen-bond donors (Lipinski definition) is 1. The number of anilines is 1. The number of carbonyl (C=O) groups is 1. The molecule has 1 aliphatic rings. The van der Waals surface area contributed by atoms with Crippen LogP contribution >= 0.6 is 0 Å². The van der Waals surface area contributed by atoms with E-state index in [1.165, 1.54) is 5.56 Å². The summed E-state index contributed by atoms with van der Waals surface area (Å²) < 4.78 is 29.4. The van der Waals surface area contributed by atoms with Crippen molar-refractivity contribution in [3.05, 3.63) is 83.8 Å². The molecule has 2 aromatic carbocycles. The summed E-state index contributed by atoms with van der Waals surface area (Å²) in [6.45, 7) is 4.91. The molecule has 180 valence electrons. The number of carbonyl (C=O) groups excluding carboxylic acids is 1. The lowest BCUT2D eigenvalue weighted by atomic mass is 10.1.